The lowest BCUT2D eigenvalue weighted by Crippen LogP contribution is -2.13. The molecule has 0 spiro atoms. The summed E-state index contributed by atoms with van der Waals surface area (Å²) in [6.45, 7) is 1.91. The molecule has 6 heteroatoms. The first-order chi connectivity index (χ1) is 13.5. The zero-order valence-corrected chi connectivity index (χ0v) is 15.0. The summed E-state index contributed by atoms with van der Waals surface area (Å²) in [6, 6.07) is 18.7. The van der Waals surface area contributed by atoms with Crippen molar-refractivity contribution in [3.05, 3.63) is 89.4 Å². The number of amides is 1. The van der Waals surface area contributed by atoms with Crippen molar-refractivity contribution in [1.82, 2.24) is 0 Å². The van der Waals surface area contributed by atoms with Crippen molar-refractivity contribution in [3.8, 4) is 11.8 Å². The second-order valence-corrected chi connectivity index (χ2v) is 5.93. The maximum Gasteiger partial charge on any atom is 0.379 e. The van der Waals surface area contributed by atoms with Crippen LogP contribution in [-0.2, 0) is 4.79 Å². The standard InChI is InChI=1S/C22H16N2O4/c1-15-4-2-5-18(12-15)24-21(25)17(14-23)13-16-7-9-19(10-8-16)28-22(26)20-6-3-11-27-20/h2-13H,1H3,(H,24,25)/b17-13+. The van der Waals surface area contributed by atoms with Crippen LogP contribution in [0.5, 0.6) is 5.75 Å². The fraction of sp³-hybridized carbons (Fsp3) is 0.0455. The largest absolute Gasteiger partial charge is 0.457 e. The molecule has 0 unspecified atom stereocenters. The molecule has 0 aliphatic carbocycles. The molecular formula is C22H16N2O4. The normalized spacial score (nSPS) is 10.8. The molecule has 138 valence electrons. The number of hydrogen-bond donors (Lipinski definition) is 1. The Hall–Kier alpha value is -4.11. The second kappa shape index (κ2) is 8.52. The van der Waals surface area contributed by atoms with Gasteiger partial charge in [-0.3, -0.25) is 4.79 Å². The van der Waals surface area contributed by atoms with Crippen LogP contribution in [0.4, 0.5) is 5.69 Å². The Kier molecular flexibility index (Phi) is 5.68. The van der Waals surface area contributed by atoms with Crippen LogP contribution in [0.2, 0.25) is 0 Å². The zero-order chi connectivity index (χ0) is 19.9. The number of furan rings is 1. The summed E-state index contributed by atoms with van der Waals surface area (Å²) < 4.78 is 10.2. The maximum absolute atomic E-state index is 12.3. The van der Waals surface area contributed by atoms with Gasteiger partial charge in [-0.2, -0.15) is 5.26 Å². The lowest BCUT2D eigenvalue weighted by atomic mass is 10.1. The van der Waals surface area contributed by atoms with E-state index < -0.39 is 11.9 Å². The molecule has 0 saturated heterocycles. The van der Waals surface area contributed by atoms with Crippen LogP contribution < -0.4 is 10.1 Å². The average molecular weight is 372 g/mol. The van der Waals surface area contributed by atoms with Crippen LogP contribution in [0.25, 0.3) is 6.08 Å². The molecule has 0 aliphatic heterocycles. The van der Waals surface area contributed by atoms with Crippen LogP contribution in [0.3, 0.4) is 0 Å². The van der Waals surface area contributed by atoms with Crippen molar-refractivity contribution in [2.24, 2.45) is 0 Å². The number of ether oxygens (including phenoxy) is 1. The number of esters is 1. The summed E-state index contributed by atoms with van der Waals surface area (Å²) in [7, 11) is 0. The van der Waals surface area contributed by atoms with Gasteiger partial charge < -0.3 is 14.5 Å². The van der Waals surface area contributed by atoms with Gasteiger partial charge in [-0.25, -0.2) is 4.79 Å². The lowest BCUT2D eigenvalue weighted by molar-refractivity contribution is -0.112. The highest BCUT2D eigenvalue weighted by molar-refractivity contribution is 6.09. The Labute approximate surface area is 161 Å². The summed E-state index contributed by atoms with van der Waals surface area (Å²) in [5.41, 5.74) is 2.20. The fourth-order valence-corrected chi connectivity index (χ4v) is 2.42. The van der Waals surface area contributed by atoms with Gasteiger partial charge in [-0.05, 0) is 60.5 Å². The molecule has 1 aromatic heterocycles. The first-order valence-corrected chi connectivity index (χ1v) is 8.41. The van der Waals surface area contributed by atoms with Gasteiger partial charge in [0.25, 0.3) is 5.91 Å². The highest BCUT2D eigenvalue weighted by Crippen LogP contribution is 2.17. The molecule has 0 atom stereocenters. The molecule has 1 heterocycles. The molecule has 1 amide bonds. The minimum atomic E-state index is -0.608. The van der Waals surface area contributed by atoms with Gasteiger partial charge in [0.1, 0.15) is 17.4 Å². The molecule has 0 saturated carbocycles. The summed E-state index contributed by atoms with van der Waals surface area (Å²) in [5.74, 6) is -0.685. The Bertz CT molecular complexity index is 1060. The van der Waals surface area contributed by atoms with E-state index in [1.807, 2.05) is 31.2 Å². The molecular weight excluding hydrogens is 356 g/mol. The van der Waals surface area contributed by atoms with E-state index >= 15 is 0 Å². The molecule has 0 aliphatic rings. The van der Waals surface area contributed by atoms with E-state index in [2.05, 4.69) is 5.32 Å². The number of carbonyl (C=O) groups is 2. The highest BCUT2D eigenvalue weighted by Gasteiger charge is 2.12. The van der Waals surface area contributed by atoms with Gasteiger partial charge in [0.2, 0.25) is 5.76 Å². The van der Waals surface area contributed by atoms with Crippen molar-refractivity contribution >= 4 is 23.6 Å². The van der Waals surface area contributed by atoms with E-state index in [4.69, 9.17) is 9.15 Å². The van der Waals surface area contributed by atoms with Crippen LogP contribution in [0.15, 0.2) is 76.9 Å². The van der Waals surface area contributed by atoms with Crippen molar-refractivity contribution in [1.29, 1.82) is 5.26 Å². The Morgan fingerprint density at radius 1 is 1.11 bits per heavy atom. The predicted molar refractivity (Wildman–Crippen MR) is 104 cm³/mol. The summed E-state index contributed by atoms with van der Waals surface area (Å²) >= 11 is 0. The molecule has 0 radical (unpaired) electrons. The predicted octanol–water partition coefficient (Wildman–Crippen LogP) is 4.35. The molecule has 2 aromatic carbocycles. The molecule has 6 nitrogen and oxygen atoms in total. The Balaban J connectivity index is 1.69. The van der Waals surface area contributed by atoms with Crippen LogP contribution >= 0.6 is 0 Å². The van der Waals surface area contributed by atoms with Gasteiger partial charge in [0.15, 0.2) is 0 Å². The first kappa shape index (κ1) is 18.7. The Morgan fingerprint density at radius 3 is 2.54 bits per heavy atom. The van der Waals surface area contributed by atoms with Gasteiger partial charge in [0.05, 0.1) is 6.26 Å². The summed E-state index contributed by atoms with van der Waals surface area (Å²) in [5, 5.41) is 12.0. The topological polar surface area (TPSA) is 92.3 Å². The number of carbonyl (C=O) groups excluding carboxylic acids is 2. The minimum absolute atomic E-state index is 0.0400. The molecule has 28 heavy (non-hydrogen) atoms. The number of anilines is 1. The number of nitrogens with zero attached hydrogens (tertiary/aromatic N) is 1. The van der Waals surface area contributed by atoms with E-state index in [0.717, 1.165) is 5.56 Å². The van der Waals surface area contributed by atoms with Crippen LogP contribution in [0, 0.1) is 18.3 Å². The van der Waals surface area contributed by atoms with Gasteiger partial charge in [-0.15, -0.1) is 0 Å². The van der Waals surface area contributed by atoms with E-state index in [-0.39, 0.29) is 11.3 Å². The molecule has 1 N–H and O–H groups in total. The van der Waals surface area contributed by atoms with E-state index in [9.17, 15) is 14.9 Å². The molecule has 3 rings (SSSR count). The lowest BCUT2D eigenvalue weighted by Gasteiger charge is -2.05. The summed E-state index contributed by atoms with van der Waals surface area (Å²) in [4.78, 5) is 24.2. The van der Waals surface area contributed by atoms with Crippen LogP contribution in [-0.4, -0.2) is 11.9 Å². The van der Waals surface area contributed by atoms with Crippen molar-refractivity contribution in [2.45, 2.75) is 6.92 Å². The average Bonchev–Trinajstić information content (AvgIpc) is 3.22. The van der Waals surface area contributed by atoms with Gasteiger partial charge >= 0.3 is 5.97 Å². The highest BCUT2D eigenvalue weighted by atomic mass is 16.5. The smallest absolute Gasteiger partial charge is 0.379 e. The quantitative estimate of drug-likeness (QED) is 0.311. The number of aryl methyl sites for hydroxylation is 1. The number of nitriles is 1. The third kappa shape index (κ3) is 4.74. The van der Waals surface area contributed by atoms with Gasteiger partial charge in [0, 0.05) is 5.69 Å². The van der Waals surface area contributed by atoms with Gasteiger partial charge in [-0.1, -0.05) is 24.3 Å². The van der Waals surface area contributed by atoms with E-state index in [1.54, 1.807) is 36.4 Å². The van der Waals surface area contributed by atoms with Crippen molar-refractivity contribution in [2.75, 3.05) is 5.32 Å². The molecule has 0 fully saturated rings. The monoisotopic (exact) mass is 372 g/mol. The number of hydrogen-bond acceptors (Lipinski definition) is 5. The van der Waals surface area contributed by atoms with Crippen molar-refractivity contribution < 1.29 is 18.7 Å². The number of rotatable bonds is 5. The first-order valence-electron chi connectivity index (χ1n) is 8.41. The Morgan fingerprint density at radius 2 is 1.89 bits per heavy atom. The van der Waals surface area contributed by atoms with E-state index in [1.165, 1.54) is 18.4 Å². The fourth-order valence-electron chi connectivity index (χ4n) is 2.42. The zero-order valence-electron chi connectivity index (χ0n) is 15.0. The van der Waals surface area contributed by atoms with E-state index in [0.29, 0.717) is 17.0 Å². The van der Waals surface area contributed by atoms with Crippen LogP contribution in [0.1, 0.15) is 21.7 Å². The maximum atomic E-state index is 12.3. The number of benzene rings is 2. The SMILES string of the molecule is Cc1cccc(NC(=O)/C(C#N)=C/c2ccc(OC(=O)c3ccco3)cc2)c1. The minimum Gasteiger partial charge on any atom is -0.457 e. The third-order valence-corrected chi connectivity index (χ3v) is 3.77. The molecule has 0 bridgehead atoms. The van der Waals surface area contributed by atoms with Crippen molar-refractivity contribution in [3.63, 3.8) is 0 Å². The number of nitrogens with one attached hydrogen (secondary N) is 1. The summed E-state index contributed by atoms with van der Waals surface area (Å²) in [6.07, 6.45) is 2.85. The molecule has 3 aromatic rings. The second-order valence-electron chi connectivity index (χ2n) is 5.93. The third-order valence-electron chi connectivity index (χ3n) is 3.77.